The first-order valence-electron chi connectivity index (χ1n) is 10.5. The molecule has 3 heterocycles. The molecule has 0 aliphatic carbocycles. The van der Waals surface area contributed by atoms with Crippen molar-refractivity contribution in [3.05, 3.63) is 52.8 Å². The average Bonchev–Trinajstić information content (AvgIpc) is 3.39. The number of aromatic nitrogens is 3. The predicted octanol–water partition coefficient (Wildman–Crippen LogP) is 3.52. The molecule has 4 N–H and O–H groups in total. The SMILES string of the molecule is CO[C@H]1[C@H](N)CC[C@@H](Cc2[nH]ncc2NC(=O)c2csc(-c3c(F)cccc3F)n2)O[C@H]1C. The van der Waals surface area contributed by atoms with E-state index in [1.165, 1.54) is 17.6 Å². The van der Waals surface area contributed by atoms with Crippen molar-refractivity contribution < 1.29 is 23.0 Å². The number of thiazole rings is 1. The Hall–Kier alpha value is -2.73. The van der Waals surface area contributed by atoms with Crippen LogP contribution in [0.1, 0.15) is 35.9 Å². The summed E-state index contributed by atoms with van der Waals surface area (Å²) in [6.45, 7) is 1.93. The molecule has 8 nitrogen and oxygen atoms in total. The van der Waals surface area contributed by atoms with E-state index < -0.39 is 17.5 Å². The Labute approximate surface area is 193 Å². The molecule has 1 aromatic carbocycles. The van der Waals surface area contributed by atoms with Gasteiger partial charge in [-0.15, -0.1) is 11.3 Å². The number of nitrogens with two attached hydrogens (primary N) is 1. The van der Waals surface area contributed by atoms with E-state index in [0.29, 0.717) is 17.8 Å². The third-order valence-electron chi connectivity index (χ3n) is 5.70. The fourth-order valence-electron chi connectivity index (χ4n) is 4.04. The number of methoxy groups -OCH3 is 1. The molecule has 0 saturated carbocycles. The molecular formula is C22H25F2N5O3S. The summed E-state index contributed by atoms with van der Waals surface area (Å²) in [5, 5.41) is 11.3. The summed E-state index contributed by atoms with van der Waals surface area (Å²) in [5.74, 6) is -1.98. The summed E-state index contributed by atoms with van der Waals surface area (Å²) in [6, 6.07) is 3.46. The maximum absolute atomic E-state index is 14.0. The molecule has 1 amide bonds. The van der Waals surface area contributed by atoms with Gasteiger partial charge in [0.1, 0.15) is 22.3 Å². The number of rotatable bonds is 6. The topological polar surface area (TPSA) is 115 Å². The molecule has 11 heteroatoms. The predicted molar refractivity (Wildman–Crippen MR) is 120 cm³/mol. The third-order valence-corrected chi connectivity index (χ3v) is 6.56. The van der Waals surface area contributed by atoms with Crippen LogP contribution in [0.3, 0.4) is 0 Å². The van der Waals surface area contributed by atoms with Gasteiger partial charge in [-0.25, -0.2) is 13.8 Å². The van der Waals surface area contributed by atoms with Gasteiger partial charge in [0.05, 0.1) is 41.5 Å². The summed E-state index contributed by atoms with van der Waals surface area (Å²) in [4.78, 5) is 16.9. The standard InChI is InChI=1S/C22H25F2N5O3S/c1-11-20(31-2)15(25)7-6-12(32-11)8-16-17(9-26-29-16)27-21(30)18-10-33-22(28-18)19-13(23)4-3-5-14(19)24/h3-5,9-12,15,20H,6-8,25H2,1-2H3,(H,26,29)(H,27,30)/t11-,12-,15+,20+/m0/s1. The monoisotopic (exact) mass is 477 g/mol. The molecule has 4 rings (SSSR count). The van der Waals surface area contributed by atoms with Crippen LogP contribution in [0, 0.1) is 11.6 Å². The number of halogens is 2. The minimum atomic E-state index is -0.735. The van der Waals surface area contributed by atoms with Crippen molar-refractivity contribution in [2.24, 2.45) is 5.73 Å². The number of carbonyl (C=O) groups is 1. The number of aromatic amines is 1. The van der Waals surface area contributed by atoms with E-state index in [9.17, 15) is 13.6 Å². The van der Waals surface area contributed by atoms with Gasteiger partial charge in [0.2, 0.25) is 0 Å². The van der Waals surface area contributed by atoms with E-state index in [1.54, 1.807) is 7.11 Å². The summed E-state index contributed by atoms with van der Waals surface area (Å²) >= 11 is 0.991. The quantitative estimate of drug-likeness (QED) is 0.501. The summed E-state index contributed by atoms with van der Waals surface area (Å²) in [5.41, 5.74) is 7.19. The Morgan fingerprint density at radius 3 is 2.85 bits per heavy atom. The number of benzene rings is 1. The summed E-state index contributed by atoms with van der Waals surface area (Å²) in [6.07, 6.45) is 2.99. The number of amides is 1. The van der Waals surface area contributed by atoms with Crippen molar-refractivity contribution in [1.29, 1.82) is 0 Å². The van der Waals surface area contributed by atoms with Gasteiger partial charge >= 0.3 is 0 Å². The van der Waals surface area contributed by atoms with Crippen LogP contribution in [0.5, 0.6) is 0 Å². The van der Waals surface area contributed by atoms with E-state index in [4.69, 9.17) is 15.2 Å². The van der Waals surface area contributed by atoms with Crippen LogP contribution < -0.4 is 11.1 Å². The summed E-state index contributed by atoms with van der Waals surface area (Å²) in [7, 11) is 1.62. The van der Waals surface area contributed by atoms with Crippen molar-refractivity contribution in [1.82, 2.24) is 15.2 Å². The van der Waals surface area contributed by atoms with Crippen molar-refractivity contribution in [3.8, 4) is 10.6 Å². The van der Waals surface area contributed by atoms with Gasteiger partial charge in [0.15, 0.2) is 0 Å². The highest BCUT2D eigenvalue weighted by atomic mass is 32.1. The van der Waals surface area contributed by atoms with E-state index in [0.717, 1.165) is 36.3 Å². The van der Waals surface area contributed by atoms with Gasteiger partial charge in [-0.1, -0.05) is 6.07 Å². The zero-order valence-electron chi connectivity index (χ0n) is 18.2. The fourth-order valence-corrected chi connectivity index (χ4v) is 4.89. The average molecular weight is 478 g/mol. The smallest absolute Gasteiger partial charge is 0.275 e. The van der Waals surface area contributed by atoms with E-state index in [1.807, 2.05) is 6.92 Å². The Kier molecular flexibility index (Phi) is 7.13. The first-order chi connectivity index (χ1) is 15.9. The molecule has 0 radical (unpaired) electrons. The largest absolute Gasteiger partial charge is 0.377 e. The highest BCUT2D eigenvalue weighted by Crippen LogP contribution is 2.29. The second kappa shape index (κ2) is 10.0. The number of ether oxygens (including phenoxy) is 2. The van der Waals surface area contributed by atoms with Crippen LogP contribution in [-0.4, -0.2) is 52.6 Å². The van der Waals surface area contributed by atoms with E-state index in [2.05, 4.69) is 20.5 Å². The number of H-pyrrole nitrogens is 1. The first-order valence-corrected chi connectivity index (χ1v) is 11.4. The maximum Gasteiger partial charge on any atom is 0.275 e. The molecule has 2 aromatic heterocycles. The van der Waals surface area contributed by atoms with Crippen LogP contribution in [0.2, 0.25) is 0 Å². The van der Waals surface area contributed by atoms with Gasteiger partial charge in [0, 0.05) is 25.0 Å². The van der Waals surface area contributed by atoms with Crippen LogP contribution in [0.15, 0.2) is 29.8 Å². The lowest BCUT2D eigenvalue weighted by atomic mass is 10.0. The molecule has 0 unspecified atom stereocenters. The first kappa shape index (κ1) is 23.4. The van der Waals surface area contributed by atoms with Gasteiger partial charge in [-0.2, -0.15) is 5.10 Å². The Balaban J connectivity index is 1.45. The lowest BCUT2D eigenvalue weighted by Crippen LogP contribution is -2.42. The molecule has 1 aliphatic rings. The molecule has 1 fully saturated rings. The second-order valence-electron chi connectivity index (χ2n) is 7.96. The Morgan fingerprint density at radius 2 is 2.12 bits per heavy atom. The molecule has 33 heavy (non-hydrogen) atoms. The zero-order valence-corrected chi connectivity index (χ0v) is 19.0. The molecule has 1 saturated heterocycles. The van der Waals surface area contributed by atoms with Gasteiger partial charge in [0.25, 0.3) is 5.91 Å². The normalized spacial score (nSPS) is 23.3. The number of hydrogen-bond donors (Lipinski definition) is 3. The van der Waals surface area contributed by atoms with Crippen LogP contribution in [0.25, 0.3) is 10.6 Å². The molecule has 176 valence electrons. The lowest BCUT2D eigenvalue weighted by molar-refractivity contribution is -0.0725. The van der Waals surface area contributed by atoms with Crippen LogP contribution in [-0.2, 0) is 15.9 Å². The number of nitrogens with zero attached hydrogens (tertiary/aromatic N) is 2. The molecule has 0 spiro atoms. The van der Waals surface area contributed by atoms with Crippen molar-refractivity contribution >= 4 is 22.9 Å². The number of hydrogen-bond acceptors (Lipinski definition) is 7. The Bertz CT molecular complexity index is 1100. The highest BCUT2D eigenvalue weighted by Gasteiger charge is 2.32. The van der Waals surface area contributed by atoms with Crippen molar-refractivity contribution in [3.63, 3.8) is 0 Å². The van der Waals surface area contributed by atoms with Crippen molar-refractivity contribution in [2.45, 2.75) is 50.5 Å². The Morgan fingerprint density at radius 1 is 1.36 bits per heavy atom. The molecule has 4 atom stereocenters. The van der Waals surface area contributed by atoms with Gasteiger partial charge in [-0.3, -0.25) is 9.89 Å². The molecule has 0 bridgehead atoms. The number of anilines is 1. The fraction of sp³-hybridized carbons (Fsp3) is 0.409. The maximum atomic E-state index is 14.0. The zero-order chi connectivity index (χ0) is 23.5. The van der Waals surface area contributed by atoms with Crippen LogP contribution in [0.4, 0.5) is 14.5 Å². The molecule has 1 aliphatic heterocycles. The molecular weight excluding hydrogens is 452 g/mol. The lowest BCUT2D eigenvalue weighted by Gasteiger charge is -2.26. The summed E-state index contributed by atoms with van der Waals surface area (Å²) < 4.78 is 39.7. The minimum absolute atomic E-state index is 0.0538. The van der Waals surface area contributed by atoms with E-state index >= 15 is 0 Å². The third kappa shape index (κ3) is 5.11. The van der Waals surface area contributed by atoms with Crippen molar-refractivity contribution in [2.75, 3.05) is 12.4 Å². The highest BCUT2D eigenvalue weighted by molar-refractivity contribution is 7.13. The minimum Gasteiger partial charge on any atom is -0.377 e. The van der Waals surface area contributed by atoms with Gasteiger partial charge < -0.3 is 20.5 Å². The van der Waals surface area contributed by atoms with E-state index in [-0.39, 0.29) is 40.6 Å². The second-order valence-corrected chi connectivity index (χ2v) is 8.82. The number of nitrogens with one attached hydrogen (secondary N) is 2. The molecule has 3 aromatic rings. The van der Waals surface area contributed by atoms with Crippen LogP contribution >= 0.6 is 11.3 Å². The number of carbonyl (C=O) groups excluding carboxylic acids is 1. The van der Waals surface area contributed by atoms with Gasteiger partial charge in [-0.05, 0) is 31.9 Å².